The zero-order chi connectivity index (χ0) is 15.9. The van der Waals surface area contributed by atoms with Gasteiger partial charge in [0.05, 0.1) is 18.6 Å². The lowest BCUT2D eigenvalue weighted by Crippen LogP contribution is -2.41. The summed E-state index contributed by atoms with van der Waals surface area (Å²) in [4.78, 5) is 12.3. The SMILES string of the molecule is CC(C)COc1ccc(C(C)NC(=O)C2CCCNC2)cc1. The molecular weight excluding hydrogens is 276 g/mol. The minimum Gasteiger partial charge on any atom is -0.493 e. The molecule has 0 saturated carbocycles. The Kier molecular flexibility index (Phi) is 6.25. The zero-order valence-electron chi connectivity index (χ0n) is 13.9. The van der Waals surface area contributed by atoms with Crippen LogP contribution in [0.2, 0.25) is 0 Å². The number of benzene rings is 1. The van der Waals surface area contributed by atoms with Crippen LogP contribution in [0, 0.1) is 11.8 Å². The molecule has 1 saturated heterocycles. The van der Waals surface area contributed by atoms with Crippen LogP contribution < -0.4 is 15.4 Å². The molecule has 1 heterocycles. The molecule has 2 atom stereocenters. The number of carbonyl (C=O) groups is 1. The van der Waals surface area contributed by atoms with E-state index in [1.54, 1.807) is 0 Å². The standard InChI is InChI=1S/C18H28N2O2/c1-13(2)12-22-17-8-6-15(7-9-17)14(3)20-18(21)16-5-4-10-19-11-16/h6-9,13-14,16,19H,4-5,10-12H2,1-3H3,(H,20,21). The average Bonchev–Trinajstić information content (AvgIpc) is 2.54. The van der Waals surface area contributed by atoms with E-state index in [2.05, 4.69) is 24.5 Å². The highest BCUT2D eigenvalue weighted by Crippen LogP contribution is 2.19. The molecule has 0 bridgehead atoms. The van der Waals surface area contributed by atoms with Gasteiger partial charge in [-0.2, -0.15) is 0 Å². The van der Waals surface area contributed by atoms with Gasteiger partial charge < -0.3 is 15.4 Å². The second-order valence-corrected chi connectivity index (χ2v) is 6.55. The second kappa shape index (κ2) is 8.18. The Bertz CT molecular complexity index is 464. The van der Waals surface area contributed by atoms with E-state index in [4.69, 9.17) is 4.74 Å². The van der Waals surface area contributed by atoms with Gasteiger partial charge in [-0.1, -0.05) is 26.0 Å². The van der Waals surface area contributed by atoms with E-state index in [1.165, 1.54) is 0 Å². The lowest BCUT2D eigenvalue weighted by molar-refractivity contribution is -0.126. The molecule has 0 spiro atoms. The first-order chi connectivity index (χ1) is 10.6. The summed E-state index contributed by atoms with van der Waals surface area (Å²) in [5, 5.41) is 6.40. The maximum Gasteiger partial charge on any atom is 0.224 e. The third-order valence-electron chi connectivity index (χ3n) is 3.99. The summed E-state index contributed by atoms with van der Waals surface area (Å²) in [5.41, 5.74) is 1.11. The summed E-state index contributed by atoms with van der Waals surface area (Å²) < 4.78 is 5.68. The Morgan fingerprint density at radius 2 is 2.05 bits per heavy atom. The van der Waals surface area contributed by atoms with E-state index in [0.717, 1.165) is 43.9 Å². The van der Waals surface area contributed by atoms with Crippen LogP contribution in [0.3, 0.4) is 0 Å². The van der Waals surface area contributed by atoms with Crippen molar-refractivity contribution in [1.82, 2.24) is 10.6 Å². The maximum atomic E-state index is 12.3. The smallest absolute Gasteiger partial charge is 0.224 e. The number of nitrogens with one attached hydrogen (secondary N) is 2. The lowest BCUT2D eigenvalue weighted by Gasteiger charge is -2.24. The first kappa shape index (κ1) is 16.8. The molecule has 0 aliphatic carbocycles. The molecule has 22 heavy (non-hydrogen) atoms. The predicted octanol–water partition coefficient (Wildman–Crippen LogP) is 2.90. The summed E-state index contributed by atoms with van der Waals surface area (Å²) >= 11 is 0. The van der Waals surface area contributed by atoms with Crippen molar-refractivity contribution in [1.29, 1.82) is 0 Å². The molecule has 0 aromatic heterocycles. The molecule has 2 unspecified atom stereocenters. The van der Waals surface area contributed by atoms with Crippen LogP contribution in [-0.2, 0) is 4.79 Å². The van der Waals surface area contributed by atoms with E-state index in [9.17, 15) is 4.79 Å². The van der Waals surface area contributed by atoms with Gasteiger partial charge in [-0.3, -0.25) is 4.79 Å². The van der Waals surface area contributed by atoms with Gasteiger partial charge in [0.25, 0.3) is 0 Å². The maximum absolute atomic E-state index is 12.3. The first-order valence-corrected chi connectivity index (χ1v) is 8.30. The quantitative estimate of drug-likeness (QED) is 0.849. The summed E-state index contributed by atoms with van der Waals surface area (Å²) in [6, 6.07) is 8.03. The van der Waals surface area contributed by atoms with E-state index < -0.39 is 0 Å². The van der Waals surface area contributed by atoms with Crippen molar-refractivity contribution in [2.24, 2.45) is 11.8 Å². The van der Waals surface area contributed by atoms with Crippen LogP contribution >= 0.6 is 0 Å². The predicted molar refractivity (Wildman–Crippen MR) is 88.9 cm³/mol. The lowest BCUT2D eigenvalue weighted by atomic mass is 9.98. The summed E-state index contributed by atoms with van der Waals surface area (Å²) in [6.07, 6.45) is 2.06. The van der Waals surface area contributed by atoms with Gasteiger partial charge in [0.2, 0.25) is 5.91 Å². The minimum atomic E-state index is 0.0218. The van der Waals surface area contributed by atoms with Crippen molar-refractivity contribution in [3.05, 3.63) is 29.8 Å². The van der Waals surface area contributed by atoms with Crippen LogP contribution in [0.5, 0.6) is 5.75 Å². The fourth-order valence-corrected chi connectivity index (χ4v) is 2.61. The minimum absolute atomic E-state index is 0.0218. The van der Waals surface area contributed by atoms with Gasteiger partial charge in [-0.15, -0.1) is 0 Å². The Morgan fingerprint density at radius 1 is 1.32 bits per heavy atom. The monoisotopic (exact) mass is 304 g/mol. The molecule has 4 nitrogen and oxygen atoms in total. The number of hydrogen-bond donors (Lipinski definition) is 2. The molecule has 2 N–H and O–H groups in total. The molecule has 1 aliphatic heterocycles. The van der Waals surface area contributed by atoms with E-state index in [1.807, 2.05) is 31.2 Å². The van der Waals surface area contributed by atoms with Crippen molar-refractivity contribution < 1.29 is 9.53 Å². The van der Waals surface area contributed by atoms with E-state index >= 15 is 0 Å². The average molecular weight is 304 g/mol. The van der Waals surface area contributed by atoms with E-state index in [-0.39, 0.29) is 17.9 Å². The number of rotatable bonds is 6. The Hall–Kier alpha value is -1.55. The van der Waals surface area contributed by atoms with E-state index in [0.29, 0.717) is 5.92 Å². The van der Waals surface area contributed by atoms with Crippen LogP contribution in [0.25, 0.3) is 0 Å². The summed E-state index contributed by atoms with van der Waals surface area (Å²) in [6.45, 7) is 8.83. The van der Waals surface area contributed by atoms with Crippen molar-refractivity contribution in [2.75, 3.05) is 19.7 Å². The van der Waals surface area contributed by atoms with Crippen molar-refractivity contribution in [2.45, 2.75) is 39.7 Å². The number of piperidine rings is 1. The third-order valence-corrected chi connectivity index (χ3v) is 3.99. The summed E-state index contributed by atoms with van der Waals surface area (Å²) in [7, 11) is 0. The fraction of sp³-hybridized carbons (Fsp3) is 0.611. The van der Waals surface area contributed by atoms with Crippen molar-refractivity contribution in [3.8, 4) is 5.75 Å². The Balaban J connectivity index is 1.86. The van der Waals surface area contributed by atoms with Crippen LogP contribution in [0.1, 0.15) is 45.2 Å². The fourth-order valence-electron chi connectivity index (χ4n) is 2.61. The van der Waals surface area contributed by atoms with Gasteiger partial charge in [0.15, 0.2) is 0 Å². The van der Waals surface area contributed by atoms with Crippen LogP contribution in [0.15, 0.2) is 24.3 Å². The zero-order valence-corrected chi connectivity index (χ0v) is 13.9. The van der Waals surface area contributed by atoms with Gasteiger partial charge >= 0.3 is 0 Å². The topological polar surface area (TPSA) is 50.4 Å². The first-order valence-electron chi connectivity index (χ1n) is 8.30. The Morgan fingerprint density at radius 3 is 2.64 bits per heavy atom. The van der Waals surface area contributed by atoms with Gasteiger partial charge in [0.1, 0.15) is 5.75 Å². The molecule has 1 aliphatic rings. The van der Waals surface area contributed by atoms with Crippen molar-refractivity contribution >= 4 is 5.91 Å². The molecule has 1 aromatic carbocycles. The highest BCUT2D eigenvalue weighted by Gasteiger charge is 2.22. The number of ether oxygens (including phenoxy) is 1. The molecule has 1 aromatic rings. The van der Waals surface area contributed by atoms with Gasteiger partial charge in [-0.05, 0) is 49.9 Å². The van der Waals surface area contributed by atoms with Crippen LogP contribution in [0.4, 0.5) is 0 Å². The highest BCUT2D eigenvalue weighted by atomic mass is 16.5. The number of amides is 1. The molecule has 122 valence electrons. The molecule has 2 rings (SSSR count). The number of hydrogen-bond acceptors (Lipinski definition) is 3. The van der Waals surface area contributed by atoms with Gasteiger partial charge in [0, 0.05) is 6.54 Å². The largest absolute Gasteiger partial charge is 0.493 e. The molecule has 0 radical (unpaired) electrons. The molecule has 4 heteroatoms. The number of carbonyl (C=O) groups excluding carboxylic acids is 1. The molecule has 1 fully saturated rings. The van der Waals surface area contributed by atoms with Crippen molar-refractivity contribution in [3.63, 3.8) is 0 Å². The normalized spacial score (nSPS) is 19.7. The summed E-state index contributed by atoms with van der Waals surface area (Å²) in [5.74, 6) is 1.65. The van der Waals surface area contributed by atoms with Crippen LogP contribution in [-0.4, -0.2) is 25.6 Å². The molecular formula is C18H28N2O2. The second-order valence-electron chi connectivity index (χ2n) is 6.55. The highest BCUT2D eigenvalue weighted by molar-refractivity contribution is 5.79. The third kappa shape index (κ3) is 5.02. The molecule has 1 amide bonds. The van der Waals surface area contributed by atoms with Gasteiger partial charge in [-0.25, -0.2) is 0 Å². The Labute approximate surface area is 133 Å².